The number of amides is 1. The summed E-state index contributed by atoms with van der Waals surface area (Å²) < 4.78 is 7.05. The van der Waals surface area contributed by atoms with Gasteiger partial charge in [0.15, 0.2) is 0 Å². The summed E-state index contributed by atoms with van der Waals surface area (Å²) in [7, 11) is 1.65. The number of aromatic nitrogens is 2. The van der Waals surface area contributed by atoms with Crippen LogP contribution in [-0.4, -0.2) is 53.9 Å². The molecule has 0 spiro atoms. The molecule has 128 valence electrons. The van der Waals surface area contributed by atoms with Gasteiger partial charge < -0.3 is 15.0 Å². The predicted molar refractivity (Wildman–Crippen MR) is 92.9 cm³/mol. The Labute approximate surface area is 142 Å². The first-order valence-electron chi connectivity index (χ1n) is 8.46. The fraction of sp³-hybridized carbons (Fsp3) is 0.444. The van der Waals surface area contributed by atoms with Crippen LogP contribution in [0.25, 0.3) is 5.69 Å². The minimum Gasteiger partial charge on any atom is -0.497 e. The van der Waals surface area contributed by atoms with Crippen LogP contribution in [-0.2, 0) is 6.42 Å². The highest BCUT2D eigenvalue weighted by molar-refractivity contribution is 5.95. The molecule has 1 aromatic carbocycles. The summed E-state index contributed by atoms with van der Waals surface area (Å²) in [5.74, 6) is 0.882. The van der Waals surface area contributed by atoms with E-state index in [0.717, 1.165) is 56.2 Å². The van der Waals surface area contributed by atoms with E-state index in [2.05, 4.69) is 17.3 Å². The van der Waals surface area contributed by atoms with Gasteiger partial charge in [0, 0.05) is 19.6 Å². The van der Waals surface area contributed by atoms with Crippen molar-refractivity contribution in [2.75, 3.05) is 33.3 Å². The van der Waals surface area contributed by atoms with Crippen molar-refractivity contribution in [3.8, 4) is 11.4 Å². The van der Waals surface area contributed by atoms with Crippen LogP contribution < -0.4 is 10.1 Å². The Hall–Kier alpha value is -2.34. The average molecular weight is 328 g/mol. The molecule has 0 saturated carbocycles. The molecule has 1 N–H and O–H groups in total. The Morgan fingerprint density at radius 3 is 2.75 bits per heavy atom. The van der Waals surface area contributed by atoms with Crippen LogP contribution in [0.3, 0.4) is 0 Å². The maximum absolute atomic E-state index is 12.9. The highest BCUT2D eigenvalue weighted by Gasteiger charge is 2.23. The van der Waals surface area contributed by atoms with E-state index >= 15 is 0 Å². The van der Waals surface area contributed by atoms with Crippen LogP contribution in [0.15, 0.2) is 30.5 Å². The second kappa shape index (κ2) is 7.49. The van der Waals surface area contributed by atoms with E-state index < -0.39 is 0 Å². The van der Waals surface area contributed by atoms with Gasteiger partial charge >= 0.3 is 0 Å². The lowest BCUT2D eigenvalue weighted by Gasteiger charge is -2.20. The monoisotopic (exact) mass is 328 g/mol. The maximum Gasteiger partial charge on any atom is 0.257 e. The van der Waals surface area contributed by atoms with E-state index in [0.29, 0.717) is 5.56 Å². The first-order chi connectivity index (χ1) is 11.7. The summed E-state index contributed by atoms with van der Waals surface area (Å²) in [4.78, 5) is 14.8. The molecule has 24 heavy (non-hydrogen) atoms. The number of nitrogens with one attached hydrogen (secondary N) is 1. The molecule has 1 aliphatic heterocycles. The zero-order valence-corrected chi connectivity index (χ0v) is 14.3. The molecule has 0 atom stereocenters. The SMILES string of the molecule is CCc1c(C(=O)N2CCCNCC2)cnn1-c1ccc(OC)cc1. The topological polar surface area (TPSA) is 59.4 Å². The van der Waals surface area contributed by atoms with Gasteiger partial charge in [-0.15, -0.1) is 0 Å². The minimum absolute atomic E-state index is 0.0790. The lowest BCUT2D eigenvalue weighted by molar-refractivity contribution is 0.0765. The molecule has 1 amide bonds. The van der Waals surface area contributed by atoms with Gasteiger partial charge in [0.05, 0.1) is 30.3 Å². The molecule has 3 rings (SSSR count). The van der Waals surface area contributed by atoms with Crippen molar-refractivity contribution >= 4 is 5.91 Å². The number of benzene rings is 1. The molecule has 1 aromatic heterocycles. The molecule has 6 heteroatoms. The number of rotatable bonds is 4. The van der Waals surface area contributed by atoms with Crippen molar-refractivity contribution < 1.29 is 9.53 Å². The van der Waals surface area contributed by atoms with Crippen LogP contribution >= 0.6 is 0 Å². The first-order valence-corrected chi connectivity index (χ1v) is 8.46. The van der Waals surface area contributed by atoms with Crippen LogP contribution in [0, 0.1) is 0 Å². The Balaban J connectivity index is 1.89. The first kappa shape index (κ1) is 16.5. The van der Waals surface area contributed by atoms with Gasteiger partial charge in [-0.2, -0.15) is 5.10 Å². The molecule has 2 heterocycles. The van der Waals surface area contributed by atoms with Crippen molar-refractivity contribution in [1.29, 1.82) is 0 Å². The molecule has 2 aromatic rings. The van der Waals surface area contributed by atoms with Gasteiger partial charge in [-0.25, -0.2) is 4.68 Å². The zero-order chi connectivity index (χ0) is 16.9. The van der Waals surface area contributed by atoms with Crippen molar-refractivity contribution in [1.82, 2.24) is 20.0 Å². The maximum atomic E-state index is 12.9. The zero-order valence-electron chi connectivity index (χ0n) is 14.3. The molecule has 0 unspecified atom stereocenters. The second-order valence-electron chi connectivity index (χ2n) is 5.86. The Bertz CT molecular complexity index is 686. The molecule has 6 nitrogen and oxygen atoms in total. The van der Waals surface area contributed by atoms with Crippen LogP contribution in [0.5, 0.6) is 5.75 Å². The van der Waals surface area contributed by atoms with Crippen molar-refractivity contribution in [3.05, 3.63) is 41.7 Å². The van der Waals surface area contributed by atoms with Crippen LogP contribution in [0.1, 0.15) is 29.4 Å². The lowest BCUT2D eigenvalue weighted by atomic mass is 10.1. The normalized spacial score (nSPS) is 15.2. The Morgan fingerprint density at radius 1 is 1.25 bits per heavy atom. The fourth-order valence-electron chi connectivity index (χ4n) is 3.06. The van der Waals surface area contributed by atoms with Gasteiger partial charge in [0.25, 0.3) is 5.91 Å². The number of hydrogen-bond acceptors (Lipinski definition) is 4. The number of nitrogens with zero attached hydrogens (tertiary/aromatic N) is 3. The summed E-state index contributed by atoms with van der Waals surface area (Å²) >= 11 is 0. The molecule has 0 radical (unpaired) electrons. The van der Waals surface area contributed by atoms with Gasteiger partial charge in [-0.1, -0.05) is 6.92 Å². The Kier molecular flexibility index (Phi) is 5.15. The lowest BCUT2D eigenvalue weighted by Crippen LogP contribution is -2.34. The summed E-state index contributed by atoms with van der Waals surface area (Å²) in [5, 5.41) is 7.79. The van der Waals surface area contributed by atoms with E-state index in [1.807, 2.05) is 33.8 Å². The van der Waals surface area contributed by atoms with E-state index in [9.17, 15) is 4.79 Å². The van der Waals surface area contributed by atoms with Gasteiger partial charge in [-0.3, -0.25) is 4.79 Å². The van der Waals surface area contributed by atoms with Crippen LogP contribution in [0.4, 0.5) is 0 Å². The third-order valence-electron chi connectivity index (χ3n) is 4.38. The molecular formula is C18H24N4O2. The second-order valence-corrected chi connectivity index (χ2v) is 5.86. The highest BCUT2D eigenvalue weighted by atomic mass is 16.5. The van der Waals surface area contributed by atoms with Crippen molar-refractivity contribution in [2.24, 2.45) is 0 Å². The molecular weight excluding hydrogens is 304 g/mol. The smallest absolute Gasteiger partial charge is 0.257 e. The Morgan fingerprint density at radius 2 is 2.04 bits per heavy atom. The number of methoxy groups -OCH3 is 1. The van der Waals surface area contributed by atoms with E-state index in [1.165, 1.54) is 0 Å². The predicted octanol–water partition coefficient (Wildman–Crippen LogP) is 1.88. The molecule has 0 aliphatic carbocycles. The molecule has 1 aliphatic rings. The largest absolute Gasteiger partial charge is 0.497 e. The molecule has 1 fully saturated rings. The van der Waals surface area contributed by atoms with E-state index in [1.54, 1.807) is 13.3 Å². The fourth-order valence-corrected chi connectivity index (χ4v) is 3.06. The number of carbonyl (C=O) groups is 1. The minimum atomic E-state index is 0.0790. The van der Waals surface area contributed by atoms with Crippen LogP contribution in [0.2, 0.25) is 0 Å². The number of carbonyl (C=O) groups excluding carboxylic acids is 1. The number of ether oxygens (including phenoxy) is 1. The molecule has 1 saturated heterocycles. The summed E-state index contributed by atoms with van der Waals surface area (Å²) in [6.45, 7) is 5.41. The van der Waals surface area contributed by atoms with Gasteiger partial charge in [0.1, 0.15) is 5.75 Å². The van der Waals surface area contributed by atoms with Gasteiger partial charge in [0.2, 0.25) is 0 Å². The standard InChI is InChI=1S/C18H24N4O2/c1-3-17-16(18(23)21-11-4-9-19-10-12-21)13-20-22(17)14-5-7-15(24-2)8-6-14/h5-8,13,19H,3-4,9-12H2,1-2H3. The van der Waals surface area contributed by atoms with Crippen molar-refractivity contribution in [3.63, 3.8) is 0 Å². The summed E-state index contributed by atoms with van der Waals surface area (Å²) in [5.41, 5.74) is 2.59. The highest BCUT2D eigenvalue weighted by Crippen LogP contribution is 2.20. The molecule has 0 bridgehead atoms. The average Bonchev–Trinajstić information content (AvgIpc) is 2.86. The van der Waals surface area contributed by atoms with Crippen molar-refractivity contribution in [2.45, 2.75) is 19.8 Å². The third-order valence-corrected chi connectivity index (χ3v) is 4.38. The van der Waals surface area contributed by atoms with E-state index in [4.69, 9.17) is 4.74 Å². The summed E-state index contributed by atoms with van der Waals surface area (Å²) in [6.07, 6.45) is 3.43. The van der Waals surface area contributed by atoms with Gasteiger partial charge in [-0.05, 0) is 43.7 Å². The third kappa shape index (κ3) is 3.28. The number of hydrogen-bond donors (Lipinski definition) is 1. The van der Waals surface area contributed by atoms with E-state index in [-0.39, 0.29) is 5.91 Å². The quantitative estimate of drug-likeness (QED) is 0.931. The summed E-state index contributed by atoms with van der Waals surface area (Å²) in [6, 6.07) is 7.71.